The van der Waals surface area contributed by atoms with Crippen LogP contribution in [0, 0.1) is 18.7 Å². The van der Waals surface area contributed by atoms with E-state index in [9.17, 15) is 43.5 Å². The van der Waals surface area contributed by atoms with Crippen LogP contribution in [0.5, 0.6) is 0 Å². The Morgan fingerprint density at radius 2 is 1.61 bits per heavy atom. The van der Waals surface area contributed by atoms with Crippen molar-refractivity contribution < 1.29 is 62.0 Å². The van der Waals surface area contributed by atoms with Gasteiger partial charge in [0.2, 0.25) is 11.8 Å². The number of cyclic esters (lactones) is 1. The Balaban J connectivity index is 0.920. The summed E-state index contributed by atoms with van der Waals surface area (Å²) in [6.45, 7) is 11.1. The molecule has 0 unspecified atom stereocenters. The largest absolute Gasteiger partial charge is 0.458 e. The average Bonchev–Trinajstić information content (AvgIpc) is 1.47. The highest BCUT2D eigenvalue weighted by atomic mass is 19.1. The number of nitrogens with zero attached hydrogens (tertiary/aromatic N) is 3. The number of aryl methyl sites for hydroxylation is 1. The number of carbonyl (C=O) groups excluding carboxylic acids is 7. The van der Waals surface area contributed by atoms with Crippen molar-refractivity contribution in [2.75, 3.05) is 25.5 Å². The van der Waals surface area contributed by atoms with E-state index >= 15 is 4.39 Å². The number of rotatable bonds is 18. The molecule has 0 saturated carbocycles. The van der Waals surface area contributed by atoms with E-state index in [0.717, 1.165) is 22.3 Å². The molecule has 4 atom stereocenters. The predicted molar refractivity (Wildman–Crippen MR) is 322 cm³/mol. The first-order valence-electron chi connectivity index (χ1n) is 29.4. The summed E-state index contributed by atoms with van der Waals surface area (Å²) >= 11 is 0. The third-order valence-electron chi connectivity index (χ3n) is 16.8. The Bertz CT molecular complexity index is 3850. The molecule has 23 heteroatoms. The van der Waals surface area contributed by atoms with Gasteiger partial charge in [0, 0.05) is 54.3 Å². The van der Waals surface area contributed by atoms with Gasteiger partial charge < -0.3 is 65.8 Å². The number of aliphatic hydroxyl groups is 1. The van der Waals surface area contributed by atoms with Crippen LogP contribution in [-0.4, -0.2) is 99.5 Å². The number of urea groups is 1. The summed E-state index contributed by atoms with van der Waals surface area (Å²) in [4.78, 5) is 114. The van der Waals surface area contributed by atoms with Crippen molar-refractivity contribution >= 4 is 58.7 Å². The molecule has 6 aromatic rings. The molecule has 2 aliphatic carbocycles. The fourth-order valence-corrected chi connectivity index (χ4v) is 12.3. The van der Waals surface area contributed by atoms with Crippen LogP contribution in [0.1, 0.15) is 135 Å². The van der Waals surface area contributed by atoms with Gasteiger partial charge in [0.15, 0.2) is 5.60 Å². The Hall–Kier alpha value is -9.38. The third kappa shape index (κ3) is 12.3. The topological polar surface area (TPSA) is 301 Å². The van der Waals surface area contributed by atoms with Crippen LogP contribution in [0.4, 0.5) is 29.3 Å². The van der Waals surface area contributed by atoms with Gasteiger partial charge in [-0.1, -0.05) is 75.4 Å². The first-order chi connectivity index (χ1) is 41.8. The number of hydrogen-bond acceptors (Lipinski definition) is 14. The van der Waals surface area contributed by atoms with Crippen LogP contribution < -0.4 is 37.9 Å². The van der Waals surface area contributed by atoms with Crippen LogP contribution in [0.15, 0.2) is 83.7 Å². The van der Waals surface area contributed by atoms with Crippen molar-refractivity contribution in [1.29, 1.82) is 0 Å². The van der Waals surface area contributed by atoms with Gasteiger partial charge in [0.1, 0.15) is 43.3 Å². The van der Waals surface area contributed by atoms with Crippen LogP contribution >= 0.6 is 0 Å². The maximum atomic E-state index is 15.7. The van der Waals surface area contributed by atoms with Gasteiger partial charge in [0.05, 0.1) is 35.1 Å². The molecule has 4 heterocycles. The van der Waals surface area contributed by atoms with Gasteiger partial charge in [-0.05, 0) is 134 Å². The van der Waals surface area contributed by atoms with Crippen molar-refractivity contribution in [2.24, 2.45) is 11.7 Å². The molecule has 0 spiro atoms. The molecule has 4 aromatic carbocycles. The molecule has 10 rings (SSSR count). The van der Waals surface area contributed by atoms with Crippen molar-refractivity contribution in [3.05, 3.63) is 151 Å². The molecule has 0 saturated heterocycles. The SMILES string of the molecule is CC[C@@]1(O)C(=O)OCc2c1cc1n(c2=O)Cc2c-1nc1cc(F)c(C)c3c1c2[C@@H](NC(=O)OCc1ccc(NC(=O)[C@H](CCCNC(N)=O)NC(=O)[C@@H](NC(=O)OC(C)(C)C)C(C)C)cc1CN(C)C(=O)OCC1c2ccccc2-c2ccccc21)CC3. The van der Waals surface area contributed by atoms with Gasteiger partial charge in [0.25, 0.3) is 5.56 Å². The maximum absolute atomic E-state index is 15.7. The number of carbonyl (C=O) groups is 7. The molecule has 0 fully saturated rings. The number of amides is 7. The molecule has 7 amide bonds. The Labute approximate surface area is 507 Å². The number of anilines is 1. The van der Waals surface area contributed by atoms with E-state index in [1.54, 1.807) is 79.8 Å². The predicted octanol–water partition coefficient (Wildman–Crippen LogP) is 8.24. The van der Waals surface area contributed by atoms with Crippen LogP contribution in [0.2, 0.25) is 0 Å². The minimum absolute atomic E-state index is 0.0173. The number of esters is 1. The second-order valence-corrected chi connectivity index (χ2v) is 24.1. The molecule has 4 aliphatic rings. The number of alkyl carbamates (subject to hydrolysis) is 2. The van der Waals surface area contributed by atoms with Gasteiger partial charge in [-0.2, -0.15) is 0 Å². The Morgan fingerprint density at radius 1 is 0.909 bits per heavy atom. The van der Waals surface area contributed by atoms with E-state index in [-0.39, 0.29) is 87.0 Å². The average molecular weight is 1210 g/mol. The zero-order chi connectivity index (χ0) is 63.1. The van der Waals surface area contributed by atoms with E-state index in [2.05, 4.69) is 26.6 Å². The number of aromatic nitrogens is 2. The number of ether oxygens (including phenoxy) is 4. The summed E-state index contributed by atoms with van der Waals surface area (Å²) in [5.41, 5.74) is 10.6. The molecule has 8 N–H and O–H groups in total. The van der Waals surface area contributed by atoms with Crippen molar-refractivity contribution in [1.82, 2.24) is 35.7 Å². The third-order valence-corrected chi connectivity index (χ3v) is 16.8. The van der Waals surface area contributed by atoms with E-state index in [1.807, 2.05) is 48.5 Å². The fraction of sp³-hybridized carbons (Fsp3) is 0.400. The lowest BCUT2D eigenvalue weighted by molar-refractivity contribution is -0.172. The smallest absolute Gasteiger partial charge is 0.409 e. The van der Waals surface area contributed by atoms with Gasteiger partial charge in [-0.15, -0.1) is 0 Å². The number of fused-ring (bicyclic) bond motifs is 8. The summed E-state index contributed by atoms with van der Waals surface area (Å²) in [5.74, 6) is -3.35. The van der Waals surface area contributed by atoms with Crippen molar-refractivity contribution in [3.63, 3.8) is 0 Å². The van der Waals surface area contributed by atoms with Crippen molar-refractivity contribution in [2.45, 2.75) is 142 Å². The highest BCUT2D eigenvalue weighted by molar-refractivity contribution is 5.99. The number of benzene rings is 4. The molecule has 0 bridgehead atoms. The standard InChI is InChI=1S/C65H72FN9O13/c1-9-65(84)46-26-51-55-43(29-75(51)58(78)45(46)32-85-59(65)79)53-48(23-22-38-34(4)47(66)27-50(70-55)52(38)53)72-61(81)86-30-35-20-21-37(25-36(35)28-74(8)63(83)87-31-44-41-17-12-10-15-39(41)40-16-11-13-18-42(40)44)69-56(76)49(19-14-24-68-60(67)80)71-57(77)54(33(2)3)73-62(82)88-64(5,6)7/h10-13,15-18,20-21,25-27,33,44,48-49,54,84H,9,14,19,22-24,28-32H2,1-8H3,(H,69,76)(H,71,77)(H,72,81)(H,73,82)(H3,67,68,80)/t48-,49-,54-,65-/m0/s1. The summed E-state index contributed by atoms with van der Waals surface area (Å²) < 4.78 is 39.9. The molecule has 88 heavy (non-hydrogen) atoms. The second-order valence-electron chi connectivity index (χ2n) is 24.1. The Kier molecular flexibility index (Phi) is 17.4. The fourth-order valence-electron chi connectivity index (χ4n) is 12.3. The van der Waals surface area contributed by atoms with E-state index in [1.165, 1.54) is 15.5 Å². The van der Waals surface area contributed by atoms with E-state index in [4.69, 9.17) is 29.7 Å². The number of nitrogens with one attached hydrogen (secondary N) is 5. The van der Waals surface area contributed by atoms with Gasteiger partial charge in [-0.25, -0.2) is 33.3 Å². The number of nitrogens with two attached hydrogens (primary N) is 1. The lowest BCUT2D eigenvalue weighted by Crippen LogP contribution is -2.55. The summed E-state index contributed by atoms with van der Waals surface area (Å²) in [7, 11) is 1.55. The Morgan fingerprint density at radius 3 is 2.28 bits per heavy atom. The lowest BCUT2D eigenvalue weighted by atomic mass is 9.81. The minimum atomic E-state index is -2.08. The summed E-state index contributed by atoms with van der Waals surface area (Å²) in [6.07, 6.45) is -1.49. The molecule has 2 aliphatic heterocycles. The highest BCUT2D eigenvalue weighted by Gasteiger charge is 2.46. The monoisotopic (exact) mass is 1210 g/mol. The normalized spacial score (nSPS) is 16.8. The first-order valence-corrected chi connectivity index (χ1v) is 29.4. The molecular weight excluding hydrogens is 1130 g/mol. The molecule has 2 aromatic heterocycles. The number of pyridine rings is 2. The summed E-state index contributed by atoms with van der Waals surface area (Å²) in [6, 6.07) is 19.8. The molecular formula is C65H72FN9O13. The van der Waals surface area contributed by atoms with E-state index < -0.39 is 88.7 Å². The molecule has 22 nitrogen and oxygen atoms in total. The van der Waals surface area contributed by atoms with Crippen LogP contribution in [0.3, 0.4) is 0 Å². The minimum Gasteiger partial charge on any atom is -0.458 e. The van der Waals surface area contributed by atoms with Crippen LogP contribution in [-0.2, 0) is 71.7 Å². The van der Waals surface area contributed by atoms with Crippen LogP contribution in [0.25, 0.3) is 33.4 Å². The maximum Gasteiger partial charge on any atom is 0.409 e. The first kappa shape index (κ1) is 61.7. The number of primary amides is 1. The van der Waals surface area contributed by atoms with Crippen molar-refractivity contribution in [3.8, 4) is 22.5 Å². The highest BCUT2D eigenvalue weighted by Crippen LogP contribution is 2.47. The lowest BCUT2D eigenvalue weighted by Gasteiger charge is -2.31. The number of hydrogen-bond donors (Lipinski definition) is 7. The van der Waals surface area contributed by atoms with Gasteiger partial charge in [-0.3, -0.25) is 14.4 Å². The molecule has 462 valence electrons. The van der Waals surface area contributed by atoms with Gasteiger partial charge >= 0.3 is 30.3 Å². The van der Waals surface area contributed by atoms with E-state index in [0.29, 0.717) is 63.0 Å². The second kappa shape index (κ2) is 24.8. The summed E-state index contributed by atoms with van der Waals surface area (Å²) in [5, 5.41) is 25.9. The number of halogens is 1. The quantitative estimate of drug-likeness (QED) is 0.0242. The molecule has 0 radical (unpaired) electrons. The zero-order valence-electron chi connectivity index (χ0n) is 50.3. The zero-order valence-corrected chi connectivity index (χ0v) is 50.3.